The third kappa shape index (κ3) is 18.6. The SMILES string of the molecule is CC/C=C\C/C=C\C/C=C\C/C=C\C/C=C\CCCC(=O)NC(CC(C)C)C(=O)C(C)C. The number of allylic oxidation sites excluding steroid dienone is 10. The van der Waals surface area contributed by atoms with Crippen molar-refractivity contribution in [3.8, 4) is 0 Å². The van der Waals surface area contributed by atoms with E-state index in [4.69, 9.17) is 0 Å². The Kier molecular flexibility index (Phi) is 19.3. The van der Waals surface area contributed by atoms with Crippen molar-refractivity contribution >= 4 is 11.7 Å². The molecule has 0 aliphatic heterocycles. The molecule has 0 aromatic heterocycles. The second-order valence-corrected chi connectivity index (χ2v) is 8.91. The fraction of sp³-hybridized carbons (Fsp3) is 0.586. The van der Waals surface area contributed by atoms with Crippen molar-refractivity contribution in [1.29, 1.82) is 0 Å². The number of carbonyl (C=O) groups excluding carboxylic acids is 2. The summed E-state index contributed by atoms with van der Waals surface area (Å²) in [7, 11) is 0. The third-order valence-electron chi connectivity index (χ3n) is 4.89. The number of nitrogens with one attached hydrogen (secondary N) is 1. The van der Waals surface area contributed by atoms with Crippen molar-refractivity contribution in [2.45, 2.75) is 98.4 Å². The average Bonchev–Trinajstić information content (AvgIpc) is 2.74. The average molecular weight is 442 g/mol. The lowest BCUT2D eigenvalue weighted by molar-refractivity contribution is -0.129. The number of unbranched alkanes of at least 4 members (excludes halogenated alkanes) is 1. The Balaban J connectivity index is 3.91. The quantitative estimate of drug-likeness (QED) is 0.175. The number of hydrogen-bond donors (Lipinski definition) is 1. The lowest BCUT2D eigenvalue weighted by Crippen LogP contribution is -2.43. The molecule has 180 valence electrons. The molecule has 0 bridgehead atoms. The molecule has 1 unspecified atom stereocenters. The molecule has 0 aromatic rings. The Morgan fingerprint density at radius 3 is 1.62 bits per heavy atom. The molecule has 32 heavy (non-hydrogen) atoms. The molecule has 0 radical (unpaired) electrons. The van der Waals surface area contributed by atoms with E-state index in [2.05, 4.69) is 86.8 Å². The van der Waals surface area contributed by atoms with Gasteiger partial charge < -0.3 is 5.32 Å². The van der Waals surface area contributed by atoms with E-state index in [1.807, 2.05) is 13.8 Å². The van der Waals surface area contributed by atoms with E-state index in [0.29, 0.717) is 18.8 Å². The summed E-state index contributed by atoms with van der Waals surface area (Å²) in [6.07, 6.45) is 29.7. The number of carbonyl (C=O) groups is 2. The van der Waals surface area contributed by atoms with Gasteiger partial charge in [-0.15, -0.1) is 0 Å². The smallest absolute Gasteiger partial charge is 0.220 e. The van der Waals surface area contributed by atoms with Gasteiger partial charge in [-0.05, 0) is 57.3 Å². The maximum absolute atomic E-state index is 12.3. The van der Waals surface area contributed by atoms with E-state index in [-0.39, 0.29) is 23.7 Å². The van der Waals surface area contributed by atoms with Gasteiger partial charge in [-0.3, -0.25) is 9.59 Å². The lowest BCUT2D eigenvalue weighted by atomic mass is 9.94. The third-order valence-corrected chi connectivity index (χ3v) is 4.89. The van der Waals surface area contributed by atoms with Crippen molar-refractivity contribution in [3.63, 3.8) is 0 Å². The van der Waals surface area contributed by atoms with Gasteiger partial charge in [-0.1, -0.05) is 95.4 Å². The Labute approximate surface area is 197 Å². The summed E-state index contributed by atoms with van der Waals surface area (Å²) in [5, 5.41) is 2.95. The largest absolute Gasteiger partial charge is 0.346 e. The van der Waals surface area contributed by atoms with Gasteiger partial charge in [-0.2, -0.15) is 0 Å². The van der Waals surface area contributed by atoms with Crippen LogP contribution >= 0.6 is 0 Å². The zero-order valence-electron chi connectivity index (χ0n) is 21.2. The Bertz CT molecular complexity index is 636. The van der Waals surface area contributed by atoms with Gasteiger partial charge in [0.25, 0.3) is 0 Å². The number of ketones is 1. The minimum absolute atomic E-state index is 0.0167. The molecule has 0 aliphatic rings. The molecule has 0 aliphatic carbocycles. The molecule has 1 N–H and O–H groups in total. The first-order valence-corrected chi connectivity index (χ1v) is 12.5. The van der Waals surface area contributed by atoms with E-state index >= 15 is 0 Å². The molecule has 0 fully saturated rings. The van der Waals surface area contributed by atoms with Crippen LogP contribution in [0.25, 0.3) is 0 Å². The first kappa shape index (κ1) is 29.8. The normalized spacial score (nSPS) is 13.7. The summed E-state index contributed by atoms with van der Waals surface area (Å²) < 4.78 is 0. The fourth-order valence-corrected chi connectivity index (χ4v) is 3.14. The van der Waals surface area contributed by atoms with Gasteiger partial charge in [0.15, 0.2) is 5.78 Å². The molecule has 1 amide bonds. The monoisotopic (exact) mass is 441 g/mol. The summed E-state index contributed by atoms with van der Waals surface area (Å²) in [4.78, 5) is 24.5. The van der Waals surface area contributed by atoms with Crippen molar-refractivity contribution in [2.24, 2.45) is 11.8 Å². The molecule has 0 spiro atoms. The fourth-order valence-electron chi connectivity index (χ4n) is 3.14. The van der Waals surface area contributed by atoms with Crippen LogP contribution in [0.15, 0.2) is 60.8 Å². The van der Waals surface area contributed by atoms with Gasteiger partial charge in [0, 0.05) is 12.3 Å². The van der Waals surface area contributed by atoms with Gasteiger partial charge >= 0.3 is 0 Å². The zero-order chi connectivity index (χ0) is 24.0. The number of amides is 1. The van der Waals surface area contributed by atoms with E-state index < -0.39 is 0 Å². The minimum Gasteiger partial charge on any atom is -0.346 e. The van der Waals surface area contributed by atoms with Crippen LogP contribution < -0.4 is 5.32 Å². The highest BCUT2D eigenvalue weighted by atomic mass is 16.2. The van der Waals surface area contributed by atoms with E-state index in [0.717, 1.165) is 44.9 Å². The van der Waals surface area contributed by atoms with Crippen LogP contribution in [0.3, 0.4) is 0 Å². The Hall–Kier alpha value is -2.16. The van der Waals surface area contributed by atoms with Gasteiger partial charge in [0.1, 0.15) is 0 Å². The van der Waals surface area contributed by atoms with E-state index in [1.165, 1.54) is 0 Å². The Morgan fingerprint density at radius 2 is 1.19 bits per heavy atom. The van der Waals surface area contributed by atoms with Crippen molar-refractivity contribution < 1.29 is 9.59 Å². The summed E-state index contributed by atoms with van der Waals surface area (Å²) >= 11 is 0. The topological polar surface area (TPSA) is 46.2 Å². The molecule has 0 aromatic carbocycles. The molecular formula is C29H47NO2. The van der Waals surface area contributed by atoms with Crippen LogP contribution in [-0.4, -0.2) is 17.7 Å². The minimum atomic E-state index is -0.351. The van der Waals surface area contributed by atoms with Gasteiger partial charge in [0.2, 0.25) is 5.91 Å². The maximum atomic E-state index is 12.3. The summed E-state index contributed by atoms with van der Waals surface area (Å²) in [5.41, 5.74) is 0. The van der Waals surface area contributed by atoms with Crippen molar-refractivity contribution in [1.82, 2.24) is 5.32 Å². The number of rotatable bonds is 18. The molecule has 0 heterocycles. The second kappa shape index (κ2) is 20.7. The van der Waals surface area contributed by atoms with Crippen LogP contribution in [-0.2, 0) is 9.59 Å². The van der Waals surface area contributed by atoms with Crippen LogP contribution in [0.2, 0.25) is 0 Å². The standard InChI is InChI=1S/C29H47NO2/c1-6-7-8-9-10-11-12-13-14-15-16-17-18-19-20-21-22-23-28(31)30-27(24-25(2)3)29(32)26(4)5/h7-8,10-11,13-14,16-17,19-20,25-27H,6,9,12,15,18,21-24H2,1-5H3,(H,30,31)/b8-7-,11-10-,14-13-,17-16-,20-19-. The van der Waals surface area contributed by atoms with Crippen LogP contribution in [0.5, 0.6) is 0 Å². The van der Waals surface area contributed by atoms with Crippen LogP contribution in [0.4, 0.5) is 0 Å². The van der Waals surface area contributed by atoms with E-state index in [9.17, 15) is 9.59 Å². The summed E-state index contributed by atoms with van der Waals surface area (Å²) in [6, 6.07) is -0.351. The van der Waals surface area contributed by atoms with Crippen molar-refractivity contribution in [3.05, 3.63) is 60.8 Å². The van der Waals surface area contributed by atoms with Crippen LogP contribution in [0.1, 0.15) is 92.4 Å². The summed E-state index contributed by atoms with van der Waals surface area (Å²) in [5.74, 6) is 0.437. The predicted octanol–water partition coefficient (Wildman–Crippen LogP) is 7.66. The maximum Gasteiger partial charge on any atom is 0.220 e. The first-order valence-electron chi connectivity index (χ1n) is 12.5. The second-order valence-electron chi connectivity index (χ2n) is 8.91. The zero-order valence-corrected chi connectivity index (χ0v) is 21.2. The number of hydrogen-bond acceptors (Lipinski definition) is 2. The van der Waals surface area contributed by atoms with Gasteiger partial charge in [-0.25, -0.2) is 0 Å². The number of Topliss-reactive ketones (excluding diaryl/α,β-unsaturated/α-hetero) is 1. The molecular weight excluding hydrogens is 394 g/mol. The molecule has 1 atom stereocenters. The molecule has 3 heteroatoms. The van der Waals surface area contributed by atoms with Gasteiger partial charge in [0.05, 0.1) is 6.04 Å². The summed E-state index contributed by atoms with van der Waals surface area (Å²) in [6.45, 7) is 10.1. The van der Waals surface area contributed by atoms with Crippen molar-refractivity contribution in [2.75, 3.05) is 0 Å². The highest BCUT2D eigenvalue weighted by molar-refractivity contribution is 5.90. The molecule has 0 saturated heterocycles. The van der Waals surface area contributed by atoms with E-state index in [1.54, 1.807) is 0 Å². The highest BCUT2D eigenvalue weighted by Crippen LogP contribution is 2.11. The van der Waals surface area contributed by atoms with Crippen LogP contribution in [0, 0.1) is 11.8 Å². The lowest BCUT2D eigenvalue weighted by Gasteiger charge is -2.21. The molecule has 0 saturated carbocycles. The first-order chi connectivity index (χ1) is 15.4. The predicted molar refractivity (Wildman–Crippen MR) is 140 cm³/mol. The molecule has 3 nitrogen and oxygen atoms in total. The Morgan fingerprint density at radius 1 is 0.719 bits per heavy atom. The molecule has 0 rings (SSSR count). The highest BCUT2D eigenvalue weighted by Gasteiger charge is 2.23.